The molecule has 1 fully saturated rings. The topological polar surface area (TPSA) is 59.6 Å². The molecule has 1 heterocycles. The molecule has 94 valence electrons. The van der Waals surface area contributed by atoms with E-state index in [1.54, 1.807) is 7.11 Å². The molecule has 3 atom stereocenters. The van der Waals surface area contributed by atoms with E-state index in [9.17, 15) is 4.79 Å². The fourth-order valence-corrected chi connectivity index (χ4v) is 1.63. The molecule has 0 aromatic heterocycles. The van der Waals surface area contributed by atoms with Gasteiger partial charge in [-0.2, -0.15) is 0 Å². The van der Waals surface area contributed by atoms with Crippen molar-refractivity contribution in [1.82, 2.24) is 10.6 Å². The van der Waals surface area contributed by atoms with Gasteiger partial charge in [-0.3, -0.25) is 4.79 Å². The number of hydrogen-bond donors (Lipinski definition) is 2. The van der Waals surface area contributed by atoms with Crippen LogP contribution in [0.4, 0.5) is 0 Å². The Morgan fingerprint density at radius 3 is 2.94 bits per heavy atom. The van der Waals surface area contributed by atoms with Crippen LogP contribution in [0.1, 0.15) is 20.3 Å². The third-order valence-electron chi connectivity index (χ3n) is 2.88. The van der Waals surface area contributed by atoms with Gasteiger partial charge < -0.3 is 20.1 Å². The zero-order chi connectivity index (χ0) is 12.0. The number of amides is 1. The number of ether oxygens (including phenoxy) is 2. The highest BCUT2D eigenvalue weighted by Crippen LogP contribution is 2.03. The van der Waals surface area contributed by atoms with E-state index in [1.807, 2.05) is 13.8 Å². The van der Waals surface area contributed by atoms with E-state index in [4.69, 9.17) is 9.47 Å². The number of nitrogens with one attached hydrogen (secondary N) is 2. The van der Waals surface area contributed by atoms with Crippen LogP contribution >= 0.6 is 0 Å². The molecular weight excluding hydrogens is 208 g/mol. The molecule has 0 unspecified atom stereocenters. The normalized spacial score (nSPS) is 26.7. The molecule has 1 aliphatic rings. The molecule has 0 aromatic carbocycles. The molecule has 0 aliphatic carbocycles. The Labute approximate surface area is 96.9 Å². The highest BCUT2D eigenvalue weighted by atomic mass is 16.5. The van der Waals surface area contributed by atoms with Gasteiger partial charge in [-0.05, 0) is 13.3 Å². The number of methoxy groups -OCH3 is 1. The van der Waals surface area contributed by atoms with Crippen LogP contribution in [0.15, 0.2) is 0 Å². The minimum Gasteiger partial charge on any atom is -0.378 e. The first-order valence-corrected chi connectivity index (χ1v) is 5.81. The molecule has 5 heteroatoms. The Balaban J connectivity index is 2.23. The van der Waals surface area contributed by atoms with Crippen molar-refractivity contribution in [2.75, 3.05) is 26.8 Å². The first kappa shape index (κ1) is 13.4. The van der Waals surface area contributed by atoms with Gasteiger partial charge in [0.15, 0.2) is 0 Å². The van der Waals surface area contributed by atoms with Crippen molar-refractivity contribution in [1.29, 1.82) is 0 Å². The molecule has 0 radical (unpaired) electrons. The van der Waals surface area contributed by atoms with Gasteiger partial charge in [0.1, 0.15) is 6.61 Å². The summed E-state index contributed by atoms with van der Waals surface area (Å²) in [6.45, 7) is 5.66. The first-order valence-electron chi connectivity index (χ1n) is 5.81. The first-order chi connectivity index (χ1) is 7.67. The summed E-state index contributed by atoms with van der Waals surface area (Å²) in [5.74, 6) is -0.0731. The van der Waals surface area contributed by atoms with Crippen molar-refractivity contribution < 1.29 is 14.3 Å². The van der Waals surface area contributed by atoms with Gasteiger partial charge in [0.05, 0.1) is 18.2 Å². The average molecular weight is 230 g/mol. The van der Waals surface area contributed by atoms with Gasteiger partial charge in [-0.25, -0.2) is 0 Å². The van der Waals surface area contributed by atoms with Crippen molar-refractivity contribution >= 4 is 5.91 Å². The molecule has 1 rings (SSSR count). The average Bonchev–Trinajstić information content (AvgIpc) is 2.73. The second-order valence-corrected chi connectivity index (χ2v) is 4.14. The van der Waals surface area contributed by atoms with Crippen LogP contribution in [-0.4, -0.2) is 51.0 Å². The summed E-state index contributed by atoms with van der Waals surface area (Å²) in [5.41, 5.74) is 0. The predicted octanol–water partition coefficient (Wildman–Crippen LogP) is -0.0955. The Hall–Kier alpha value is -0.650. The van der Waals surface area contributed by atoms with E-state index in [-0.39, 0.29) is 30.8 Å². The molecule has 2 N–H and O–H groups in total. The van der Waals surface area contributed by atoms with Crippen molar-refractivity contribution in [2.24, 2.45) is 0 Å². The molecule has 1 amide bonds. The second kappa shape index (κ2) is 6.83. The van der Waals surface area contributed by atoms with Crippen LogP contribution in [0.5, 0.6) is 0 Å². The van der Waals surface area contributed by atoms with E-state index >= 15 is 0 Å². The summed E-state index contributed by atoms with van der Waals surface area (Å²) in [5, 5.41) is 6.08. The molecule has 0 saturated carbocycles. The van der Waals surface area contributed by atoms with E-state index < -0.39 is 0 Å². The SMILES string of the molecule is CC[C@@H](C)OCC(=O)N[C@@H]1CNC[C@@H]1OC. The van der Waals surface area contributed by atoms with E-state index in [0.717, 1.165) is 19.5 Å². The number of rotatable bonds is 6. The van der Waals surface area contributed by atoms with Crippen molar-refractivity contribution in [3.05, 3.63) is 0 Å². The number of carbonyl (C=O) groups is 1. The summed E-state index contributed by atoms with van der Waals surface area (Å²) in [6, 6.07) is 0.0537. The molecule has 1 aliphatic heterocycles. The van der Waals surface area contributed by atoms with Gasteiger partial charge in [0, 0.05) is 20.2 Å². The van der Waals surface area contributed by atoms with E-state index in [2.05, 4.69) is 10.6 Å². The van der Waals surface area contributed by atoms with Crippen LogP contribution < -0.4 is 10.6 Å². The van der Waals surface area contributed by atoms with Crippen LogP contribution in [0, 0.1) is 0 Å². The molecular formula is C11H22N2O3. The highest BCUT2D eigenvalue weighted by molar-refractivity contribution is 5.77. The third kappa shape index (κ3) is 4.08. The van der Waals surface area contributed by atoms with E-state index in [1.165, 1.54) is 0 Å². The summed E-state index contributed by atoms with van der Waals surface area (Å²) in [4.78, 5) is 11.6. The Bertz CT molecular complexity index is 223. The number of hydrogen-bond acceptors (Lipinski definition) is 4. The number of carbonyl (C=O) groups excluding carboxylic acids is 1. The van der Waals surface area contributed by atoms with Crippen LogP contribution in [0.3, 0.4) is 0 Å². The maximum Gasteiger partial charge on any atom is 0.246 e. The molecule has 1 saturated heterocycles. The van der Waals surface area contributed by atoms with Crippen molar-refractivity contribution in [3.63, 3.8) is 0 Å². The van der Waals surface area contributed by atoms with Crippen LogP contribution in [0.25, 0.3) is 0 Å². The summed E-state index contributed by atoms with van der Waals surface area (Å²) < 4.78 is 10.6. The van der Waals surface area contributed by atoms with Crippen LogP contribution in [0.2, 0.25) is 0 Å². The lowest BCUT2D eigenvalue weighted by Gasteiger charge is -2.19. The lowest BCUT2D eigenvalue weighted by molar-refractivity contribution is -0.128. The van der Waals surface area contributed by atoms with Crippen molar-refractivity contribution in [2.45, 2.75) is 38.5 Å². The maximum absolute atomic E-state index is 11.6. The lowest BCUT2D eigenvalue weighted by Crippen LogP contribution is -2.45. The predicted molar refractivity (Wildman–Crippen MR) is 61.3 cm³/mol. The lowest BCUT2D eigenvalue weighted by atomic mass is 10.2. The van der Waals surface area contributed by atoms with Gasteiger partial charge >= 0.3 is 0 Å². The van der Waals surface area contributed by atoms with E-state index in [0.29, 0.717) is 0 Å². The van der Waals surface area contributed by atoms with Gasteiger partial charge in [0.2, 0.25) is 5.91 Å². The highest BCUT2D eigenvalue weighted by Gasteiger charge is 2.27. The Morgan fingerprint density at radius 1 is 1.56 bits per heavy atom. The molecule has 0 aromatic rings. The third-order valence-corrected chi connectivity index (χ3v) is 2.88. The molecule has 0 spiro atoms. The summed E-state index contributed by atoms with van der Waals surface area (Å²) in [7, 11) is 1.66. The molecule has 0 bridgehead atoms. The molecule has 5 nitrogen and oxygen atoms in total. The quantitative estimate of drug-likeness (QED) is 0.669. The smallest absolute Gasteiger partial charge is 0.246 e. The standard InChI is InChI=1S/C11H22N2O3/c1-4-8(2)16-7-11(14)13-9-5-12-6-10(9)15-3/h8-10,12H,4-7H2,1-3H3,(H,13,14)/t8-,9-,10+/m1/s1. The fraction of sp³-hybridized carbons (Fsp3) is 0.909. The zero-order valence-electron chi connectivity index (χ0n) is 10.3. The monoisotopic (exact) mass is 230 g/mol. The second-order valence-electron chi connectivity index (χ2n) is 4.14. The zero-order valence-corrected chi connectivity index (χ0v) is 10.3. The Morgan fingerprint density at radius 2 is 2.31 bits per heavy atom. The van der Waals surface area contributed by atoms with Gasteiger partial charge in [-0.1, -0.05) is 6.92 Å². The van der Waals surface area contributed by atoms with Crippen molar-refractivity contribution in [3.8, 4) is 0 Å². The maximum atomic E-state index is 11.6. The summed E-state index contributed by atoms with van der Waals surface area (Å²) in [6.07, 6.45) is 1.11. The van der Waals surface area contributed by atoms with Crippen LogP contribution in [-0.2, 0) is 14.3 Å². The molecule has 16 heavy (non-hydrogen) atoms. The van der Waals surface area contributed by atoms with Gasteiger partial charge in [-0.15, -0.1) is 0 Å². The largest absolute Gasteiger partial charge is 0.378 e. The Kier molecular flexibility index (Phi) is 5.73. The summed E-state index contributed by atoms with van der Waals surface area (Å²) >= 11 is 0. The van der Waals surface area contributed by atoms with Gasteiger partial charge in [0.25, 0.3) is 0 Å². The fourth-order valence-electron chi connectivity index (χ4n) is 1.63. The minimum atomic E-state index is -0.0731. The minimum absolute atomic E-state index is 0.0537.